The van der Waals surface area contributed by atoms with Gasteiger partial charge in [0.15, 0.2) is 0 Å². The molecule has 2 aliphatic carbocycles. The van der Waals surface area contributed by atoms with Gasteiger partial charge in [0, 0.05) is 18.4 Å². The molecule has 9 unspecified atom stereocenters. The van der Waals surface area contributed by atoms with E-state index in [1.807, 2.05) is 6.92 Å². The first-order chi connectivity index (χ1) is 10.7. The average molecular weight is 348 g/mol. The molecule has 0 saturated heterocycles. The minimum atomic E-state index is -3.20. The SMILES string of the molecule is C=P(O)(OCC1CC(C)C(C)C1O)OC1C(CO)CC(C)C1C. The molecule has 5 nitrogen and oxygen atoms in total. The fraction of sp³-hybridized carbons (Fsp3) is 0.941. The van der Waals surface area contributed by atoms with Gasteiger partial charge in [-0.25, -0.2) is 0 Å². The first-order valence-electron chi connectivity index (χ1n) is 8.74. The van der Waals surface area contributed by atoms with E-state index in [0.717, 1.165) is 12.8 Å². The Kier molecular flexibility index (Phi) is 6.38. The van der Waals surface area contributed by atoms with Gasteiger partial charge in [0.2, 0.25) is 7.57 Å². The van der Waals surface area contributed by atoms with E-state index >= 15 is 0 Å². The molecule has 3 N–H and O–H groups in total. The van der Waals surface area contributed by atoms with E-state index in [9.17, 15) is 15.1 Å². The van der Waals surface area contributed by atoms with E-state index in [1.165, 1.54) is 0 Å². The highest BCUT2D eigenvalue weighted by atomic mass is 31.2. The Bertz CT molecular complexity index is 443. The van der Waals surface area contributed by atoms with E-state index < -0.39 is 13.7 Å². The predicted octanol–water partition coefficient (Wildman–Crippen LogP) is 2.51. The molecule has 6 heteroatoms. The van der Waals surface area contributed by atoms with Crippen molar-refractivity contribution in [1.29, 1.82) is 0 Å². The summed E-state index contributed by atoms with van der Waals surface area (Å²) in [6, 6.07) is 0. The molecule has 23 heavy (non-hydrogen) atoms. The van der Waals surface area contributed by atoms with Crippen molar-refractivity contribution in [2.45, 2.75) is 52.7 Å². The van der Waals surface area contributed by atoms with Gasteiger partial charge < -0.3 is 24.2 Å². The molecule has 2 rings (SSSR count). The summed E-state index contributed by atoms with van der Waals surface area (Å²) in [7, 11) is -3.20. The van der Waals surface area contributed by atoms with Crippen molar-refractivity contribution >= 4 is 13.9 Å². The van der Waals surface area contributed by atoms with Crippen molar-refractivity contribution in [3.8, 4) is 0 Å². The molecule has 0 bridgehead atoms. The Labute approximate surface area is 140 Å². The van der Waals surface area contributed by atoms with Crippen molar-refractivity contribution in [3.63, 3.8) is 0 Å². The van der Waals surface area contributed by atoms with Crippen LogP contribution in [0, 0.1) is 35.5 Å². The zero-order valence-electron chi connectivity index (χ0n) is 14.8. The van der Waals surface area contributed by atoms with Crippen molar-refractivity contribution in [2.75, 3.05) is 13.2 Å². The minimum absolute atomic E-state index is 0.0189. The lowest BCUT2D eigenvalue weighted by Crippen LogP contribution is -2.27. The Morgan fingerprint density at radius 1 is 1.04 bits per heavy atom. The number of rotatable bonds is 6. The lowest BCUT2D eigenvalue weighted by Gasteiger charge is -2.29. The molecule has 0 aliphatic heterocycles. The smallest absolute Gasteiger partial charge is 0.248 e. The zero-order valence-corrected chi connectivity index (χ0v) is 15.7. The van der Waals surface area contributed by atoms with Gasteiger partial charge in [-0.05, 0) is 42.8 Å². The molecule has 2 aliphatic rings. The van der Waals surface area contributed by atoms with Gasteiger partial charge in [-0.2, -0.15) is 0 Å². The van der Waals surface area contributed by atoms with Crippen molar-refractivity contribution in [1.82, 2.24) is 0 Å². The van der Waals surface area contributed by atoms with Crippen LogP contribution in [0.2, 0.25) is 0 Å². The molecule has 0 heterocycles. The van der Waals surface area contributed by atoms with Crippen LogP contribution in [0.4, 0.5) is 0 Å². The summed E-state index contributed by atoms with van der Waals surface area (Å²) in [6.45, 7) is 8.71. The van der Waals surface area contributed by atoms with Crippen LogP contribution in [-0.4, -0.2) is 46.8 Å². The minimum Gasteiger partial charge on any atom is -0.396 e. The maximum absolute atomic E-state index is 10.5. The third kappa shape index (κ3) is 4.39. The molecule has 0 aromatic heterocycles. The number of aliphatic hydroxyl groups excluding tert-OH is 2. The Hall–Kier alpha value is 0.100. The van der Waals surface area contributed by atoms with Gasteiger partial charge in [-0.1, -0.05) is 27.7 Å². The normalized spacial score (nSPS) is 46.9. The third-order valence-electron chi connectivity index (χ3n) is 6.16. The monoisotopic (exact) mass is 348 g/mol. The van der Waals surface area contributed by atoms with E-state index in [-0.39, 0.29) is 43.0 Å². The summed E-state index contributed by atoms with van der Waals surface area (Å²) >= 11 is 0. The second-order valence-corrected chi connectivity index (χ2v) is 9.58. The van der Waals surface area contributed by atoms with Crippen LogP contribution in [-0.2, 0) is 9.05 Å². The lowest BCUT2D eigenvalue weighted by molar-refractivity contribution is 0.0392. The largest absolute Gasteiger partial charge is 0.396 e. The maximum Gasteiger partial charge on any atom is 0.248 e. The van der Waals surface area contributed by atoms with Crippen LogP contribution in [0.5, 0.6) is 0 Å². The molecule has 2 fully saturated rings. The summed E-state index contributed by atoms with van der Waals surface area (Å²) in [6.07, 6.45) is 4.89. The maximum atomic E-state index is 10.5. The highest BCUT2D eigenvalue weighted by molar-refractivity contribution is 7.58. The quantitative estimate of drug-likeness (QED) is 0.643. The van der Waals surface area contributed by atoms with E-state index in [1.54, 1.807) is 0 Å². The number of hydrogen-bond donors (Lipinski definition) is 3. The Morgan fingerprint density at radius 2 is 1.61 bits per heavy atom. The highest BCUT2D eigenvalue weighted by Gasteiger charge is 2.42. The van der Waals surface area contributed by atoms with Crippen molar-refractivity contribution in [3.05, 3.63) is 0 Å². The second-order valence-electron chi connectivity index (χ2n) is 7.84. The van der Waals surface area contributed by atoms with Gasteiger partial charge in [0.05, 0.1) is 18.8 Å². The van der Waals surface area contributed by atoms with Gasteiger partial charge in [0.1, 0.15) is 0 Å². The molecule has 136 valence electrons. The molecule has 9 atom stereocenters. The van der Waals surface area contributed by atoms with Crippen LogP contribution in [0.1, 0.15) is 40.5 Å². The molecule has 2 saturated carbocycles. The number of hydrogen-bond acceptors (Lipinski definition) is 5. The Morgan fingerprint density at radius 3 is 2.13 bits per heavy atom. The van der Waals surface area contributed by atoms with Crippen LogP contribution < -0.4 is 0 Å². The third-order valence-corrected chi connectivity index (χ3v) is 7.29. The van der Waals surface area contributed by atoms with Gasteiger partial charge in [-0.3, -0.25) is 0 Å². The van der Waals surface area contributed by atoms with Crippen LogP contribution >= 0.6 is 7.57 Å². The fourth-order valence-electron chi connectivity index (χ4n) is 4.14. The summed E-state index contributed by atoms with van der Waals surface area (Å²) in [5, 5.41) is 19.7. The van der Waals surface area contributed by atoms with Gasteiger partial charge in [-0.15, -0.1) is 0 Å². The molecular formula is C17H33O5P. The van der Waals surface area contributed by atoms with Crippen LogP contribution in [0.25, 0.3) is 0 Å². The predicted molar refractivity (Wildman–Crippen MR) is 93.0 cm³/mol. The molecular weight excluding hydrogens is 315 g/mol. The summed E-state index contributed by atoms with van der Waals surface area (Å²) in [5.74, 6) is 1.43. The van der Waals surface area contributed by atoms with E-state index in [4.69, 9.17) is 9.05 Å². The lowest BCUT2D eigenvalue weighted by atomic mass is 9.99. The van der Waals surface area contributed by atoms with E-state index in [2.05, 4.69) is 27.1 Å². The molecule has 0 aromatic carbocycles. The molecule has 0 amide bonds. The van der Waals surface area contributed by atoms with E-state index in [0.29, 0.717) is 11.8 Å². The Balaban J connectivity index is 1.91. The van der Waals surface area contributed by atoms with Crippen LogP contribution in [0.3, 0.4) is 0 Å². The molecule has 0 spiro atoms. The first kappa shape index (κ1) is 19.4. The highest BCUT2D eigenvalue weighted by Crippen LogP contribution is 2.51. The topological polar surface area (TPSA) is 79.2 Å². The average Bonchev–Trinajstić information content (AvgIpc) is 2.89. The zero-order chi connectivity index (χ0) is 17.4. The number of aliphatic hydroxyl groups is 2. The van der Waals surface area contributed by atoms with Gasteiger partial charge in [0.25, 0.3) is 0 Å². The summed E-state index contributed by atoms with van der Waals surface area (Å²) < 4.78 is 11.4. The summed E-state index contributed by atoms with van der Waals surface area (Å²) in [4.78, 5) is 10.5. The molecule has 0 aromatic rings. The molecule has 0 radical (unpaired) electrons. The van der Waals surface area contributed by atoms with Crippen molar-refractivity contribution in [2.24, 2.45) is 35.5 Å². The van der Waals surface area contributed by atoms with Crippen LogP contribution in [0.15, 0.2) is 0 Å². The van der Waals surface area contributed by atoms with Gasteiger partial charge >= 0.3 is 0 Å². The van der Waals surface area contributed by atoms with Crippen molar-refractivity contribution < 1.29 is 24.2 Å². The summed E-state index contributed by atoms with van der Waals surface area (Å²) in [5.41, 5.74) is 0. The second kappa shape index (κ2) is 7.55. The standard InChI is InChI=1S/C17H33O5P/c1-10-7-15(16(19)12(10)3)9-21-23(5,20)22-17-13(4)11(2)6-14(17)8-18/h10-20H,5-9H2,1-4H3. The first-order valence-corrected chi connectivity index (χ1v) is 10.5. The fourth-order valence-corrected chi connectivity index (χ4v) is 5.37.